The summed E-state index contributed by atoms with van der Waals surface area (Å²) in [5, 5.41) is 4.04. The third-order valence-corrected chi connectivity index (χ3v) is 5.53. The van der Waals surface area contributed by atoms with Crippen LogP contribution in [-0.4, -0.2) is 73.5 Å². The van der Waals surface area contributed by atoms with Gasteiger partial charge in [0.05, 0.1) is 5.75 Å². The summed E-state index contributed by atoms with van der Waals surface area (Å²) < 4.78 is 0. The van der Waals surface area contributed by atoms with Gasteiger partial charge in [-0.3, -0.25) is 4.79 Å². The Labute approximate surface area is 121 Å². The standard InChI is InChI=1S/C14H27N3OS/c1-16-8-5-12(9-16)10-17(2)14(18)11-19-13-3-6-15-7-4-13/h12-13,15H,3-11H2,1-2H3. The van der Waals surface area contributed by atoms with Crippen molar-refractivity contribution in [3.05, 3.63) is 0 Å². The number of rotatable bonds is 5. The topological polar surface area (TPSA) is 35.6 Å². The fourth-order valence-electron chi connectivity index (χ4n) is 2.93. The van der Waals surface area contributed by atoms with E-state index in [1.54, 1.807) is 0 Å². The normalized spacial score (nSPS) is 25.7. The maximum Gasteiger partial charge on any atom is 0.232 e. The first kappa shape index (κ1) is 15.1. The molecule has 1 atom stereocenters. The molecule has 2 fully saturated rings. The van der Waals surface area contributed by atoms with Gasteiger partial charge < -0.3 is 15.1 Å². The molecule has 0 aromatic carbocycles. The third-order valence-electron chi connectivity index (χ3n) is 4.18. The second-order valence-corrected chi connectivity index (χ2v) is 7.24. The van der Waals surface area contributed by atoms with Crippen molar-refractivity contribution in [2.24, 2.45) is 5.92 Å². The maximum absolute atomic E-state index is 12.1. The number of piperidine rings is 1. The van der Waals surface area contributed by atoms with Crippen LogP contribution in [0.15, 0.2) is 0 Å². The Morgan fingerprint density at radius 2 is 2.11 bits per heavy atom. The highest BCUT2D eigenvalue weighted by Crippen LogP contribution is 2.21. The third kappa shape index (κ3) is 4.97. The van der Waals surface area contributed by atoms with Gasteiger partial charge in [-0.05, 0) is 51.9 Å². The van der Waals surface area contributed by atoms with E-state index in [9.17, 15) is 4.79 Å². The largest absolute Gasteiger partial charge is 0.345 e. The number of hydrogen-bond acceptors (Lipinski definition) is 4. The van der Waals surface area contributed by atoms with Crippen LogP contribution in [0.2, 0.25) is 0 Å². The van der Waals surface area contributed by atoms with Gasteiger partial charge in [-0.25, -0.2) is 0 Å². The molecule has 2 heterocycles. The summed E-state index contributed by atoms with van der Waals surface area (Å²) in [6, 6.07) is 0. The average Bonchev–Trinajstić information content (AvgIpc) is 2.82. The van der Waals surface area contributed by atoms with Crippen LogP contribution in [-0.2, 0) is 4.79 Å². The van der Waals surface area contributed by atoms with Gasteiger partial charge in [-0.15, -0.1) is 11.8 Å². The number of carbonyl (C=O) groups excluding carboxylic acids is 1. The molecule has 1 amide bonds. The number of nitrogens with one attached hydrogen (secondary N) is 1. The van der Waals surface area contributed by atoms with Crippen molar-refractivity contribution in [3.8, 4) is 0 Å². The van der Waals surface area contributed by atoms with Crippen molar-refractivity contribution in [3.63, 3.8) is 0 Å². The highest BCUT2D eigenvalue weighted by Gasteiger charge is 2.23. The maximum atomic E-state index is 12.1. The minimum absolute atomic E-state index is 0.304. The Balaban J connectivity index is 1.64. The second-order valence-electron chi connectivity index (χ2n) is 5.95. The van der Waals surface area contributed by atoms with Crippen LogP contribution >= 0.6 is 11.8 Å². The van der Waals surface area contributed by atoms with Gasteiger partial charge in [0.2, 0.25) is 5.91 Å². The Morgan fingerprint density at radius 3 is 2.74 bits per heavy atom. The molecule has 110 valence electrons. The zero-order valence-corrected chi connectivity index (χ0v) is 13.0. The predicted octanol–water partition coefficient (Wildman–Crippen LogP) is 0.882. The first-order valence-electron chi connectivity index (χ1n) is 7.40. The summed E-state index contributed by atoms with van der Waals surface area (Å²) in [6.07, 6.45) is 3.64. The lowest BCUT2D eigenvalue weighted by molar-refractivity contribution is -0.127. The molecule has 1 N–H and O–H groups in total. The van der Waals surface area contributed by atoms with Gasteiger partial charge in [-0.2, -0.15) is 0 Å². The van der Waals surface area contributed by atoms with E-state index in [4.69, 9.17) is 0 Å². The fourth-order valence-corrected chi connectivity index (χ4v) is 4.09. The molecular weight excluding hydrogens is 258 g/mol. The van der Waals surface area contributed by atoms with Gasteiger partial charge in [0.15, 0.2) is 0 Å². The molecule has 0 bridgehead atoms. The van der Waals surface area contributed by atoms with E-state index in [2.05, 4.69) is 17.3 Å². The van der Waals surface area contributed by atoms with Crippen LogP contribution < -0.4 is 5.32 Å². The van der Waals surface area contributed by atoms with E-state index in [0.29, 0.717) is 22.8 Å². The Hall–Kier alpha value is -0.260. The van der Waals surface area contributed by atoms with E-state index in [1.807, 2.05) is 23.7 Å². The van der Waals surface area contributed by atoms with Crippen molar-refractivity contribution < 1.29 is 4.79 Å². The number of thioether (sulfide) groups is 1. The molecule has 2 saturated heterocycles. The summed E-state index contributed by atoms with van der Waals surface area (Å²) in [5.41, 5.74) is 0. The van der Waals surface area contributed by atoms with E-state index in [1.165, 1.54) is 25.8 Å². The molecule has 0 aromatic rings. The first-order chi connectivity index (χ1) is 9.15. The highest BCUT2D eigenvalue weighted by molar-refractivity contribution is 8.00. The number of nitrogens with zero attached hydrogens (tertiary/aromatic N) is 2. The van der Waals surface area contributed by atoms with Gasteiger partial charge in [0.1, 0.15) is 0 Å². The molecule has 5 heteroatoms. The van der Waals surface area contributed by atoms with E-state index >= 15 is 0 Å². The average molecular weight is 285 g/mol. The molecule has 1 unspecified atom stereocenters. The number of amides is 1. The molecule has 19 heavy (non-hydrogen) atoms. The highest BCUT2D eigenvalue weighted by atomic mass is 32.2. The molecule has 2 rings (SSSR count). The van der Waals surface area contributed by atoms with E-state index < -0.39 is 0 Å². The Bertz CT molecular complexity index is 294. The lowest BCUT2D eigenvalue weighted by Gasteiger charge is -2.24. The Morgan fingerprint density at radius 1 is 1.37 bits per heavy atom. The lowest BCUT2D eigenvalue weighted by atomic mass is 10.1. The van der Waals surface area contributed by atoms with Gasteiger partial charge in [0, 0.05) is 25.4 Å². The Kier molecular flexibility index (Phi) is 5.98. The summed E-state index contributed by atoms with van der Waals surface area (Å²) in [6.45, 7) is 5.46. The quantitative estimate of drug-likeness (QED) is 0.813. The van der Waals surface area contributed by atoms with Crippen LogP contribution in [0.4, 0.5) is 0 Å². The predicted molar refractivity (Wildman–Crippen MR) is 81.6 cm³/mol. The molecule has 0 spiro atoms. The minimum atomic E-state index is 0.304. The minimum Gasteiger partial charge on any atom is -0.345 e. The lowest BCUT2D eigenvalue weighted by Crippen LogP contribution is -2.35. The molecular formula is C14H27N3OS. The zero-order chi connectivity index (χ0) is 13.7. The van der Waals surface area contributed by atoms with E-state index in [0.717, 1.165) is 26.2 Å². The summed E-state index contributed by atoms with van der Waals surface area (Å²) in [5.74, 6) is 1.63. The summed E-state index contributed by atoms with van der Waals surface area (Å²) >= 11 is 1.85. The second kappa shape index (κ2) is 7.50. The number of carbonyl (C=O) groups is 1. The van der Waals surface area contributed by atoms with Gasteiger partial charge >= 0.3 is 0 Å². The van der Waals surface area contributed by atoms with Crippen LogP contribution in [0.25, 0.3) is 0 Å². The summed E-state index contributed by atoms with van der Waals surface area (Å²) in [7, 11) is 4.12. The van der Waals surface area contributed by atoms with Crippen LogP contribution in [0, 0.1) is 5.92 Å². The van der Waals surface area contributed by atoms with Gasteiger partial charge in [0.25, 0.3) is 0 Å². The fraction of sp³-hybridized carbons (Fsp3) is 0.929. The SMILES string of the molecule is CN1CCC(CN(C)C(=O)CSC2CCNCC2)C1. The van der Waals surface area contributed by atoms with Gasteiger partial charge in [-0.1, -0.05) is 0 Å². The van der Waals surface area contributed by atoms with Crippen molar-refractivity contribution in [2.75, 3.05) is 52.6 Å². The smallest absolute Gasteiger partial charge is 0.232 e. The van der Waals surface area contributed by atoms with Crippen LogP contribution in [0.3, 0.4) is 0 Å². The monoisotopic (exact) mass is 285 g/mol. The number of likely N-dealkylation sites (tertiary alicyclic amines) is 1. The first-order valence-corrected chi connectivity index (χ1v) is 8.45. The van der Waals surface area contributed by atoms with Crippen molar-refractivity contribution >= 4 is 17.7 Å². The molecule has 2 aliphatic heterocycles. The zero-order valence-electron chi connectivity index (χ0n) is 12.2. The van der Waals surface area contributed by atoms with Crippen LogP contribution in [0.1, 0.15) is 19.3 Å². The molecule has 4 nitrogen and oxygen atoms in total. The molecule has 0 radical (unpaired) electrons. The molecule has 0 saturated carbocycles. The summed E-state index contributed by atoms with van der Waals surface area (Å²) in [4.78, 5) is 16.4. The molecule has 0 aliphatic carbocycles. The molecule has 0 aromatic heterocycles. The van der Waals surface area contributed by atoms with Crippen molar-refractivity contribution in [2.45, 2.75) is 24.5 Å². The molecule has 2 aliphatic rings. The van der Waals surface area contributed by atoms with Crippen molar-refractivity contribution in [1.29, 1.82) is 0 Å². The van der Waals surface area contributed by atoms with E-state index in [-0.39, 0.29) is 0 Å². The van der Waals surface area contributed by atoms with Crippen LogP contribution in [0.5, 0.6) is 0 Å². The number of hydrogen-bond donors (Lipinski definition) is 1. The van der Waals surface area contributed by atoms with Crippen molar-refractivity contribution in [1.82, 2.24) is 15.1 Å².